The lowest BCUT2D eigenvalue weighted by Crippen LogP contribution is -1.95. The maximum Gasteiger partial charge on any atom is 0.339 e. The van der Waals surface area contributed by atoms with Gasteiger partial charge in [0.15, 0.2) is 0 Å². The fourth-order valence-electron chi connectivity index (χ4n) is 1.64. The van der Waals surface area contributed by atoms with Crippen molar-refractivity contribution in [1.82, 2.24) is 0 Å². The molecule has 0 unspecified atom stereocenters. The molecule has 7 nitrogen and oxygen atoms in total. The SMILES string of the molecule is O=C(O)c1cc(N=Cc2cccc([N+](=O)[O-])c2)ccc1O. The van der Waals surface area contributed by atoms with E-state index < -0.39 is 10.9 Å². The highest BCUT2D eigenvalue weighted by Crippen LogP contribution is 2.23. The van der Waals surface area contributed by atoms with Gasteiger partial charge in [0, 0.05) is 18.3 Å². The van der Waals surface area contributed by atoms with Crippen LogP contribution < -0.4 is 0 Å². The van der Waals surface area contributed by atoms with Crippen molar-refractivity contribution in [2.24, 2.45) is 4.99 Å². The van der Waals surface area contributed by atoms with Gasteiger partial charge in [-0.1, -0.05) is 12.1 Å². The summed E-state index contributed by atoms with van der Waals surface area (Å²) in [6.45, 7) is 0. The van der Waals surface area contributed by atoms with Crippen LogP contribution in [0.15, 0.2) is 47.5 Å². The third-order valence-electron chi connectivity index (χ3n) is 2.65. The maximum atomic E-state index is 10.9. The highest BCUT2D eigenvalue weighted by Gasteiger charge is 2.09. The number of non-ortho nitro benzene ring substituents is 1. The fraction of sp³-hybridized carbons (Fsp3) is 0. The van der Waals surface area contributed by atoms with Crippen LogP contribution in [-0.4, -0.2) is 27.3 Å². The summed E-state index contributed by atoms with van der Waals surface area (Å²) in [5.74, 6) is -1.61. The molecule has 0 saturated heterocycles. The average Bonchev–Trinajstić information content (AvgIpc) is 2.46. The van der Waals surface area contributed by atoms with Crippen molar-refractivity contribution in [3.05, 3.63) is 63.7 Å². The topological polar surface area (TPSA) is 113 Å². The molecule has 21 heavy (non-hydrogen) atoms. The standard InChI is InChI=1S/C14H10N2O5/c17-13-5-4-10(7-12(13)14(18)19)15-8-9-2-1-3-11(6-9)16(20)21/h1-8,17H,(H,18,19). The summed E-state index contributed by atoms with van der Waals surface area (Å²) in [4.78, 5) is 25.1. The predicted molar refractivity (Wildman–Crippen MR) is 75.4 cm³/mol. The molecule has 106 valence electrons. The molecule has 0 saturated carbocycles. The lowest BCUT2D eigenvalue weighted by atomic mass is 10.2. The largest absolute Gasteiger partial charge is 0.507 e. The Kier molecular flexibility index (Phi) is 3.94. The molecule has 0 amide bonds. The molecule has 0 fully saturated rings. The number of nitro benzene ring substituents is 1. The summed E-state index contributed by atoms with van der Waals surface area (Å²) >= 11 is 0. The fourth-order valence-corrected chi connectivity index (χ4v) is 1.64. The molecule has 0 aliphatic carbocycles. The molecular formula is C14H10N2O5. The van der Waals surface area contributed by atoms with Gasteiger partial charge in [-0.05, 0) is 23.8 Å². The molecule has 2 rings (SSSR count). The van der Waals surface area contributed by atoms with Crippen LogP contribution in [0, 0.1) is 10.1 Å². The van der Waals surface area contributed by atoms with Crippen LogP contribution in [-0.2, 0) is 0 Å². The van der Waals surface area contributed by atoms with Crippen LogP contribution >= 0.6 is 0 Å². The second-order valence-electron chi connectivity index (χ2n) is 4.12. The van der Waals surface area contributed by atoms with Crippen LogP contribution in [0.25, 0.3) is 0 Å². The second-order valence-corrected chi connectivity index (χ2v) is 4.12. The van der Waals surface area contributed by atoms with E-state index in [0.717, 1.165) is 0 Å². The lowest BCUT2D eigenvalue weighted by Gasteiger charge is -2.00. The van der Waals surface area contributed by atoms with Gasteiger partial charge in [0.05, 0.1) is 10.6 Å². The molecule has 0 radical (unpaired) electrons. The molecule has 0 spiro atoms. The number of carboxylic acid groups (broad SMARTS) is 1. The van der Waals surface area contributed by atoms with Gasteiger partial charge in [-0.25, -0.2) is 4.79 Å². The summed E-state index contributed by atoms with van der Waals surface area (Å²) in [6.07, 6.45) is 1.38. The van der Waals surface area contributed by atoms with E-state index in [0.29, 0.717) is 11.3 Å². The number of phenols is 1. The Labute approximate surface area is 119 Å². The molecule has 0 aliphatic rings. The van der Waals surface area contributed by atoms with Crippen molar-refractivity contribution < 1.29 is 19.9 Å². The predicted octanol–water partition coefficient (Wildman–Crippen LogP) is 2.75. The number of nitro groups is 1. The van der Waals surface area contributed by atoms with E-state index in [2.05, 4.69) is 4.99 Å². The number of aliphatic imine (C=N–C) groups is 1. The first kappa shape index (κ1) is 14.2. The zero-order valence-electron chi connectivity index (χ0n) is 10.6. The molecule has 7 heteroatoms. The molecule has 0 aliphatic heterocycles. The Morgan fingerprint density at radius 1 is 1.24 bits per heavy atom. The Hall–Kier alpha value is -3.22. The van der Waals surface area contributed by atoms with E-state index in [9.17, 15) is 20.0 Å². The minimum Gasteiger partial charge on any atom is -0.507 e. The van der Waals surface area contributed by atoms with Crippen LogP contribution in [0.4, 0.5) is 11.4 Å². The Morgan fingerprint density at radius 3 is 2.67 bits per heavy atom. The van der Waals surface area contributed by atoms with Crippen LogP contribution in [0.3, 0.4) is 0 Å². The number of carboxylic acids is 1. The van der Waals surface area contributed by atoms with Crippen molar-refractivity contribution in [1.29, 1.82) is 0 Å². The van der Waals surface area contributed by atoms with Gasteiger partial charge in [-0.2, -0.15) is 0 Å². The molecule has 2 N–H and O–H groups in total. The van der Waals surface area contributed by atoms with Gasteiger partial charge in [-0.3, -0.25) is 15.1 Å². The Balaban J connectivity index is 2.29. The highest BCUT2D eigenvalue weighted by molar-refractivity contribution is 5.92. The summed E-state index contributed by atoms with van der Waals surface area (Å²) in [5, 5.41) is 28.9. The zero-order valence-corrected chi connectivity index (χ0v) is 10.6. The normalized spacial score (nSPS) is 10.7. The van der Waals surface area contributed by atoms with Gasteiger partial charge in [0.25, 0.3) is 5.69 Å². The van der Waals surface area contributed by atoms with Crippen molar-refractivity contribution in [3.63, 3.8) is 0 Å². The van der Waals surface area contributed by atoms with E-state index in [1.54, 1.807) is 6.07 Å². The van der Waals surface area contributed by atoms with E-state index in [4.69, 9.17) is 5.11 Å². The average molecular weight is 286 g/mol. The molecular weight excluding hydrogens is 276 g/mol. The minimum atomic E-state index is -1.26. The van der Waals surface area contributed by atoms with E-state index >= 15 is 0 Å². The van der Waals surface area contributed by atoms with Gasteiger partial charge in [0.2, 0.25) is 0 Å². The van der Waals surface area contributed by atoms with E-state index in [-0.39, 0.29) is 17.0 Å². The van der Waals surface area contributed by atoms with Gasteiger partial charge >= 0.3 is 5.97 Å². The van der Waals surface area contributed by atoms with Crippen LogP contribution in [0.2, 0.25) is 0 Å². The summed E-state index contributed by atoms with van der Waals surface area (Å²) < 4.78 is 0. The molecule has 2 aromatic carbocycles. The van der Waals surface area contributed by atoms with Crippen molar-refractivity contribution in [2.75, 3.05) is 0 Å². The number of rotatable bonds is 4. The molecule has 2 aromatic rings. The first-order valence-corrected chi connectivity index (χ1v) is 5.82. The smallest absolute Gasteiger partial charge is 0.339 e. The monoisotopic (exact) mass is 286 g/mol. The quantitative estimate of drug-likeness (QED) is 0.509. The third kappa shape index (κ3) is 3.41. The van der Waals surface area contributed by atoms with Gasteiger partial charge in [0.1, 0.15) is 11.3 Å². The number of aromatic carboxylic acids is 1. The zero-order chi connectivity index (χ0) is 15.4. The molecule has 0 bridgehead atoms. The molecule has 0 atom stereocenters. The number of nitrogens with zero attached hydrogens (tertiary/aromatic N) is 2. The molecule has 0 aromatic heterocycles. The van der Waals surface area contributed by atoms with Crippen molar-refractivity contribution in [2.45, 2.75) is 0 Å². The number of benzene rings is 2. The first-order chi connectivity index (χ1) is 9.97. The number of aromatic hydroxyl groups is 1. The summed E-state index contributed by atoms with van der Waals surface area (Å²) in [7, 11) is 0. The van der Waals surface area contributed by atoms with Crippen LogP contribution in [0.5, 0.6) is 5.75 Å². The van der Waals surface area contributed by atoms with E-state index in [1.807, 2.05) is 0 Å². The van der Waals surface area contributed by atoms with E-state index in [1.165, 1.54) is 42.6 Å². The highest BCUT2D eigenvalue weighted by atomic mass is 16.6. The lowest BCUT2D eigenvalue weighted by molar-refractivity contribution is -0.384. The van der Waals surface area contributed by atoms with Crippen LogP contribution in [0.1, 0.15) is 15.9 Å². The number of carbonyl (C=O) groups is 1. The maximum absolute atomic E-state index is 10.9. The van der Waals surface area contributed by atoms with Gasteiger partial charge < -0.3 is 10.2 Å². The number of hydrogen-bond donors (Lipinski definition) is 2. The summed E-state index contributed by atoms with van der Waals surface area (Å²) in [5.41, 5.74) is 0.505. The third-order valence-corrected chi connectivity index (χ3v) is 2.65. The Bertz CT molecular complexity index is 740. The first-order valence-electron chi connectivity index (χ1n) is 5.82. The van der Waals surface area contributed by atoms with Gasteiger partial charge in [-0.15, -0.1) is 0 Å². The van der Waals surface area contributed by atoms with Crippen molar-refractivity contribution >= 4 is 23.6 Å². The summed E-state index contributed by atoms with van der Waals surface area (Å²) in [6, 6.07) is 9.75. The molecule has 0 heterocycles. The van der Waals surface area contributed by atoms with Crippen molar-refractivity contribution in [3.8, 4) is 5.75 Å². The number of hydrogen-bond acceptors (Lipinski definition) is 5. The minimum absolute atomic E-state index is 0.0594. The Morgan fingerprint density at radius 2 is 2.00 bits per heavy atom. The second kappa shape index (κ2) is 5.83.